The first-order valence-electron chi connectivity index (χ1n) is 4.61. The van der Waals surface area contributed by atoms with Gasteiger partial charge in [0.25, 0.3) is 0 Å². The molecule has 0 radical (unpaired) electrons. The number of aliphatic hydroxyl groups is 1. The summed E-state index contributed by atoms with van der Waals surface area (Å²) in [6.45, 7) is 8.14. The molecule has 4 heteroatoms. The minimum Gasteiger partial charge on any atom is -0.396 e. The molecule has 1 atom stereocenters. The van der Waals surface area contributed by atoms with Gasteiger partial charge in [0.1, 0.15) is 6.61 Å². The predicted octanol–water partition coefficient (Wildman–Crippen LogP) is 0.617. The zero-order valence-corrected chi connectivity index (χ0v) is 8.71. The molecule has 0 saturated heterocycles. The first-order chi connectivity index (χ1) is 6.16. The Kier molecular flexibility index (Phi) is 7.63. The van der Waals surface area contributed by atoms with Gasteiger partial charge in [-0.15, -0.1) is 0 Å². The first kappa shape index (κ1) is 12.4. The molecule has 0 amide bonds. The number of aliphatic hydroxyl groups excluding tert-OH is 1. The van der Waals surface area contributed by atoms with Gasteiger partial charge in [0, 0.05) is 19.7 Å². The van der Waals surface area contributed by atoms with Crippen LogP contribution >= 0.6 is 0 Å². The summed E-state index contributed by atoms with van der Waals surface area (Å²) in [5, 5.41) is 15.7. The second kappa shape index (κ2) is 8.01. The lowest BCUT2D eigenvalue weighted by Gasteiger charge is -2.08. The van der Waals surface area contributed by atoms with E-state index in [-0.39, 0.29) is 6.61 Å². The molecule has 0 fully saturated rings. The Labute approximate surface area is 80.0 Å². The predicted molar refractivity (Wildman–Crippen MR) is 53.9 cm³/mol. The van der Waals surface area contributed by atoms with E-state index in [1.807, 2.05) is 20.8 Å². The third kappa shape index (κ3) is 9.30. The van der Waals surface area contributed by atoms with E-state index in [1.54, 1.807) is 0 Å². The van der Waals surface area contributed by atoms with Crippen LogP contribution in [0.4, 0.5) is 0 Å². The lowest BCUT2D eigenvalue weighted by atomic mass is 10.2. The molecule has 13 heavy (non-hydrogen) atoms. The Balaban J connectivity index is 3.13. The van der Waals surface area contributed by atoms with Crippen LogP contribution in [-0.4, -0.2) is 37.1 Å². The van der Waals surface area contributed by atoms with Gasteiger partial charge in [0.15, 0.2) is 0 Å². The van der Waals surface area contributed by atoms with Crippen molar-refractivity contribution in [3.05, 3.63) is 0 Å². The van der Waals surface area contributed by atoms with Crippen molar-refractivity contribution in [1.29, 1.82) is 0 Å². The van der Waals surface area contributed by atoms with E-state index in [9.17, 15) is 0 Å². The van der Waals surface area contributed by atoms with Crippen LogP contribution in [0.15, 0.2) is 5.16 Å². The number of rotatable bonds is 7. The molecule has 0 aliphatic heterocycles. The maximum absolute atomic E-state index is 8.72. The molecule has 78 valence electrons. The lowest BCUT2D eigenvalue weighted by molar-refractivity contribution is 0.143. The van der Waals surface area contributed by atoms with E-state index in [1.165, 1.54) is 0 Å². The third-order valence-corrected chi connectivity index (χ3v) is 1.42. The standard InChI is InChI=1S/C9H20N2O2/c1-8(2)11-13-5-4-10-6-9(3)7-12/h9-10,12H,4-7H2,1-3H3/t9-/m1/s1. The van der Waals surface area contributed by atoms with Crippen molar-refractivity contribution in [1.82, 2.24) is 5.32 Å². The van der Waals surface area contributed by atoms with Crippen molar-refractivity contribution >= 4 is 5.71 Å². The Bertz CT molecular complexity index is 145. The van der Waals surface area contributed by atoms with Crippen molar-refractivity contribution in [3.63, 3.8) is 0 Å². The molecule has 0 unspecified atom stereocenters. The fourth-order valence-corrected chi connectivity index (χ4v) is 0.706. The summed E-state index contributed by atoms with van der Waals surface area (Å²) in [4.78, 5) is 4.97. The Hall–Kier alpha value is -0.610. The highest BCUT2D eigenvalue weighted by Gasteiger charge is 1.97. The Morgan fingerprint density at radius 1 is 1.54 bits per heavy atom. The van der Waals surface area contributed by atoms with E-state index in [0.29, 0.717) is 12.5 Å². The smallest absolute Gasteiger partial charge is 0.129 e. The quantitative estimate of drug-likeness (QED) is 0.350. The van der Waals surface area contributed by atoms with Crippen molar-refractivity contribution < 1.29 is 9.94 Å². The van der Waals surface area contributed by atoms with E-state index < -0.39 is 0 Å². The fourth-order valence-electron chi connectivity index (χ4n) is 0.706. The highest BCUT2D eigenvalue weighted by Crippen LogP contribution is 1.87. The van der Waals surface area contributed by atoms with E-state index in [4.69, 9.17) is 9.94 Å². The van der Waals surface area contributed by atoms with Crippen molar-refractivity contribution in [2.24, 2.45) is 11.1 Å². The van der Waals surface area contributed by atoms with Crippen LogP contribution in [0.25, 0.3) is 0 Å². The summed E-state index contributed by atoms with van der Waals surface area (Å²) in [5.41, 5.74) is 0.920. The molecule has 4 nitrogen and oxygen atoms in total. The molecule has 0 saturated carbocycles. The molecule has 0 rings (SSSR count). The summed E-state index contributed by atoms with van der Waals surface area (Å²) in [7, 11) is 0. The number of hydrogen-bond donors (Lipinski definition) is 2. The maximum atomic E-state index is 8.72. The minimum atomic E-state index is 0.222. The van der Waals surface area contributed by atoms with Crippen molar-refractivity contribution in [2.75, 3.05) is 26.3 Å². The summed E-state index contributed by atoms with van der Waals surface area (Å²) in [5.74, 6) is 0.302. The molecular weight excluding hydrogens is 168 g/mol. The third-order valence-electron chi connectivity index (χ3n) is 1.42. The summed E-state index contributed by atoms with van der Waals surface area (Å²) < 4.78 is 0. The summed E-state index contributed by atoms with van der Waals surface area (Å²) in [6.07, 6.45) is 0. The molecule has 2 N–H and O–H groups in total. The van der Waals surface area contributed by atoms with Gasteiger partial charge >= 0.3 is 0 Å². The number of hydrogen-bond acceptors (Lipinski definition) is 4. The van der Waals surface area contributed by atoms with Crippen molar-refractivity contribution in [3.8, 4) is 0 Å². The molecule has 0 spiro atoms. The summed E-state index contributed by atoms with van der Waals surface area (Å²) >= 11 is 0. The average Bonchev–Trinajstić information content (AvgIpc) is 2.10. The second-order valence-corrected chi connectivity index (χ2v) is 3.36. The fraction of sp³-hybridized carbons (Fsp3) is 0.889. The maximum Gasteiger partial charge on any atom is 0.129 e. The van der Waals surface area contributed by atoms with Crippen LogP contribution in [0.5, 0.6) is 0 Å². The number of nitrogens with one attached hydrogen (secondary N) is 1. The Morgan fingerprint density at radius 3 is 2.77 bits per heavy atom. The van der Waals surface area contributed by atoms with Crippen LogP contribution in [0.2, 0.25) is 0 Å². The van der Waals surface area contributed by atoms with Gasteiger partial charge in [-0.3, -0.25) is 0 Å². The topological polar surface area (TPSA) is 53.8 Å². The van der Waals surface area contributed by atoms with Crippen molar-refractivity contribution in [2.45, 2.75) is 20.8 Å². The van der Waals surface area contributed by atoms with Gasteiger partial charge in [-0.05, 0) is 19.8 Å². The van der Waals surface area contributed by atoms with Gasteiger partial charge < -0.3 is 15.3 Å². The van der Waals surface area contributed by atoms with Crippen LogP contribution in [0, 0.1) is 5.92 Å². The number of nitrogens with zero attached hydrogens (tertiary/aromatic N) is 1. The molecule has 0 heterocycles. The Morgan fingerprint density at radius 2 is 2.23 bits per heavy atom. The molecule has 0 aliphatic rings. The van der Waals surface area contributed by atoms with Crippen LogP contribution in [-0.2, 0) is 4.84 Å². The van der Waals surface area contributed by atoms with E-state index in [2.05, 4.69) is 10.5 Å². The molecule has 0 aliphatic carbocycles. The van der Waals surface area contributed by atoms with Crippen LogP contribution < -0.4 is 5.32 Å². The van der Waals surface area contributed by atoms with E-state index in [0.717, 1.165) is 18.8 Å². The van der Waals surface area contributed by atoms with Gasteiger partial charge in [-0.1, -0.05) is 12.1 Å². The molecule has 0 aromatic heterocycles. The van der Waals surface area contributed by atoms with Gasteiger partial charge in [0.05, 0.1) is 5.71 Å². The van der Waals surface area contributed by atoms with E-state index >= 15 is 0 Å². The SMILES string of the molecule is CC(C)=NOCCNC[C@@H](C)CO. The molecule has 0 aromatic rings. The summed E-state index contributed by atoms with van der Waals surface area (Å²) in [6, 6.07) is 0. The molecular formula is C9H20N2O2. The highest BCUT2D eigenvalue weighted by molar-refractivity contribution is 5.78. The van der Waals surface area contributed by atoms with Gasteiger partial charge in [-0.25, -0.2) is 0 Å². The molecule has 0 aromatic carbocycles. The van der Waals surface area contributed by atoms with Crippen LogP contribution in [0.1, 0.15) is 20.8 Å². The monoisotopic (exact) mass is 188 g/mol. The zero-order valence-electron chi connectivity index (χ0n) is 8.71. The van der Waals surface area contributed by atoms with Gasteiger partial charge in [0.2, 0.25) is 0 Å². The highest BCUT2D eigenvalue weighted by atomic mass is 16.6. The number of oxime groups is 1. The zero-order chi connectivity index (χ0) is 10.1. The second-order valence-electron chi connectivity index (χ2n) is 3.36. The minimum absolute atomic E-state index is 0.222. The normalized spacial score (nSPS) is 12.3. The molecule has 0 bridgehead atoms. The first-order valence-corrected chi connectivity index (χ1v) is 4.61. The largest absolute Gasteiger partial charge is 0.396 e. The average molecular weight is 188 g/mol. The van der Waals surface area contributed by atoms with Crippen LogP contribution in [0.3, 0.4) is 0 Å². The lowest BCUT2D eigenvalue weighted by Crippen LogP contribution is -2.26. The van der Waals surface area contributed by atoms with Gasteiger partial charge in [-0.2, -0.15) is 0 Å².